The Balaban J connectivity index is 0.00000241. The van der Waals surface area contributed by atoms with Gasteiger partial charge in [-0.05, 0) is 32.0 Å². The number of halogens is 3. The fraction of sp³-hybridized carbons (Fsp3) is 0.304. The van der Waals surface area contributed by atoms with Gasteiger partial charge in [-0.3, -0.25) is 4.79 Å². The third-order valence-corrected chi connectivity index (χ3v) is 5.34. The number of H-pyrrole nitrogens is 1. The molecule has 188 valence electrons. The second kappa shape index (κ2) is 8.93. The number of methoxy groups -OCH3 is 2. The zero-order valence-electron chi connectivity index (χ0n) is 19.4. The highest BCUT2D eigenvalue weighted by Gasteiger charge is 2.34. The third kappa shape index (κ3) is 4.91. The lowest BCUT2D eigenvalue weighted by molar-refractivity contribution is -0.140. The minimum atomic E-state index is -4.53. The molecule has 0 atom stereocenters. The third-order valence-electron chi connectivity index (χ3n) is 5.34. The topological polar surface area (TPSA) is 114 Å². The number of hydrogen-bond acceptors (Lipinski definition) is 7. The number of hydrogen-bond donors (Lipinski definition) is 3. The SMILES string of the molecule is COc1cc2nc(-c3c[nH]c4ncccc34)nc(NC(C)(C)C(=O)NCC(F)(F)F)c2cc1OC.[HH].[HH]. The zero-order valence-corrected chi connectivity index (χ0v) is 19.4. The molecule has 12 heteroatoms. The molecule has 9 nitrogen and oxygen atoms in total. The number of alkyl halides is 3. The standard InChI is InChI=1S/C23H23F3N6O3.2H2/c1-22(2,21(33)29-11-23(24,25)26)32-20-13-8-16(34-3)17(35-4)9-15(13)30-19(31-20)14-10-28-18-12(14)6-5-7-27-18;;/h5-10H,11H2,1-4H3,(H,27,28)(H,29,33)(H,30,31,32);2*1H. The van der Waals surface area contributed by atoms with Crippen molar-refractivity contribution >= 4 is 33.7 Å². The van der Waals surface area contributed by atoms with Crippen molar-refractivity contribution in [2.24, 2.45) is 0 Å². The Labute approximate surface area is 201 Å². The van der Waals surface area contributed by atoms with Crippen LogP contribution in [0, 0.1) is 0 Å². The van der Waals surface area contributed by atoms with E-state index in [9.17, 15) is 18.0 Å². The van der Waals surface area contributed by atoms with Crippen LogP contribution in [0.4, 0.5) is 19.0 Å². The first-order valence-electron chi connectivity index (χ1n) is 10.5. The van der Waals surface area contributed by atoms with Gasteiger partial charge >= 0.3 is 6.18 Å². The molecule has 35 heavy (non-hydrogen) atoms. The number of pyridine rings is 1. The number of rotatable bonds is 7. The van der Waals surface area contributed by atoms with Crippen LogP contribution in [0.2, 0.25) is 0 Å². The Hall–Kier alpha value is -4.09. The highest BCUT2D eigenvalue weighted by molar-refractivity contribution is 5.98. The molecule has 1 aromatic carbocycles. The van der Waals surface area contributed by atoms with Gasteiger partial charge in [0, 0.05) is 37.6 Å². The van der Waals surface area contributed by atoms with Crippen molar-refractivity contribution < 1.29 is 30.3 Å². The normalized spacial score (nSPS) is 12.1. The molecule has 0 radical (unpaired) electrons. The summed E-state index contributed by atoms with van der Waals surface area (Å²) in [7, 11) is 2.96. The van der Waals surface area contributed by atoms with Crippen LogP contribution in [0.25, 0.3) is 33.3 Å². The lowest BCUT2D eigenvalue weighted by atomic mass is 10.0. The molecule has 0 unspecified atom stereocenters. The summed E-state index contributed by atoms with van der Waals surface area (Å²) in [5.74, 6) is 0.530. The summed E-state index contributed by atoms with van der Waals surface area (Å²) in [6.45, 7) is 1.48. The fourth-order valence-corrected chi connectivity index (χ4v) is 3.57. The molecule has 3 N–H and O–H groups in total. The van der Waals surface area contributed by atoms with Gasteiger partial charge in [-0.2, -0.15) is 13.2 Å². The molecule has 0 aliphatic carbocycles. The number of benzene rings is 1. The van der Waals surface area contributed by atoms with Gasteiger partial charge in [0.1, 0.15) is 23.5 Å². The van der Waals surface area contributed by atoms with Gasteiger partial charge in [-0.15, -0.1) is 0 Å². The van der Waals surface area contributed by atoms with Gasteiger partial charge in [0.25, 0.3) is 0 Å². The Morgan fingerprint density at radius 1 is 1.11 bits per heavy atom. The molecule has 3 heterocycles. The average Bonchev–Trinajstić information content (AvgIpc) is 3.25. The first-order chi connectivity index (χ1) is 16.5. The molecule has 0 saturated heterocycles. The number of fused-ring (bicyclic) bond motifs is 2. The fourth-order valence-electron chi connectivity index (χ4n) is 3.57. The van der Waals surface area contributed by atoms with Gasteiger partial charge in [0.05, 0.1) is 19.7 Å². The Bertz CT molecular complexity index is 1410. The Morgan fingerprint density at radius 3 is 2.51 bits per heavy atom. The Morgan fingerprint density at radius 2 is 1.83 bits per heavy atom. The highest BCUT2D eigenvalue weighted by Crippen LogP contribution is 2.37. The van der Waals surface area contributed by atoms with Crippen molar-refractivity contribution in [3.63, 3.8) is 0 Å². The second-order valence-corrected chi connectivity index (χ2v) is 8.27. The van der Waals surface area contributed by atoms with Crippen LogP contribution < -0.4 is 20.1 Å². The summed E-state index contributed by atoms with van der Waals surface area (Å²) >= 11 is 0. The van der Waals surface area contributed by atoms with Gasteiger partial charge in [-0.1, -0.05) is 0 Å². The second-order valence-electron chi connectivity index (χ2n) is 8.27. The van der Waals surface area contributed by atoms with Crippen molar-refractivity contribution in [1.82, 2.24) is 25.3 Å². The average molecular weight is 493 g/mol. The van der Waals surface area contributed by atoms with E-state index in [2.05, 4.69) is 25.3 Å². The monoisotopic (exact) mass is 492 g/mol. The maximum Gasteiger partial charge on any atom is 0.405 e. The van der Waals surface area contributed by atoms with E-state index in [1.165, 1.54) is 28.1 Å². The quantitative estimate of drug-likeness (QED) is 0.347. The van der Waals surface area contributed by atoms with E-state index in [1.54, 1.807) is 30.6 Å². The minimum Gasteiger partial charge on any atom is -0.493 e. The van der Waals surface area contributed by atoms with Crippen molar-refractivity contribution in [3.05, 3.63) is 36.7 Å². The van der Waals surface area contributed by atoms with Crippen molar-refractivity contribution in [1.29, 1.82) is 0 Å². The van der Waals surface area contributed by atoms with Crippen LogP contribution in [0.15, 0.2) is 36.7 Å². The number of amides is 1. The molecule has 4 aromatic rings. The smallest absolute Gasteiger partial charge is 0.405 e. The zero-order chi connectivity index (χ0) is 25.4. The number of aromatic nitrogens is 4. The predicted octanol–water partition coefficient (Wildman–Crippen LogP) is 4.55. The van der Waals surface area contributed by atoms with Crippen LogP contribution in [-0.4, -0.2) is 58.3 Å². The van der Waals surface area contributed by atoms with Crippen molar-refractivity contribution in [2.45, 2.75) is 25.6 Å². The summed E-state index contributed by atoms with van der Waals surface area (Å²) in [5, 5.41) is 6.16. The molecule has 3 aromatic heterocycles. The number of aromatic amines is 1. The molecule has 0 aliphatic heterocycles. The van der Waals surface area contributed by atoms with Crippen molar-refractivity contribution in [3.8, 4) is 22.9 Å². The van der Waals surface area contributed by atoms with Crippen molar-refractivity contribution in [2.75, 3.05) is 26.1 Å². The lowest BCUT2D eigenvalue weighted by Gasteiger charge is -2.27. The van der Waals surface area contributed by atoms with E-state index in [1.807, 2.05) is 11.4 Å². The van der Waals surface area contributed by atoms with E-state index < -0.39 is 24.2 Å². The number of carbonyl (C=O) groups is 1. The van der Waals surface area contributed by atoms with E-state index in [-0.39, 0.29) is 8.67 Å². The summed E-state index contributed by atoms with van der Waals surface area (Å²) in [6.07, 6.45) is -1.17. The number of nitrogens with one attached hydrogen (secondary N) is 3. The summed E-state index contributed by atoms with van der Waals surface area (Å²) in [5.41, 5.74) is 0.325. The number of ether oxygens (including phenoxy) is 2. The molecule has 4 rings (SSSR count). The largest absolute Gasteiger partial charge is 0.493 e. The minimum absolute atomic E-state index is 0. The van der Waals surface area contributed by atoms with Crippen LogP contribution in [0.3, 0.4) is 0 Å². The Kier molecular flexibility index (Phi) is 6.14. The van der Waals surface area contributed by atoms with Crippen LogP contribution in [0.5, 0.6) is 11.5 Å². The van der Waals surface area contributed by atoms with E-state index in [0.717, 1.165) is 5.39 Å². The number of nitrogens with zero attached hydrogens (tertiary/aromatic N) is 3. The molecular formula is C23H27F3N6O3. The molecule has 0 bridgehead atoms. The lowest BCUT2D eigenvalue weighted by Crippen LogP contribution is -2.50. The van der Waals surface area contributed by atoms with E-state index in [4.69, 9.17) is 9.47 Å². The molecule has 0 spiro atoms. The van der Waals surface area contributed by atoms with Gasteiger partial charge in [0.15, 0.2) is 17.3 Å². The predicted molar refractivity (Wildman–Crippen MR) is 129 cm³/mol. The van der Waals surface area contributed by atoms with Crippen LogP contribution in [0.1, 0.15) is 16.7 Å². The van der Waals surface area contributed by atoms with Gasteiger partial charge in [0.2, 0.25) is 5.91 Å². The van der Waals surface area contributed by atoms with E-state index in [0.29, 0.717) is 39.4 Å². The summed E-state index contributed by atoms with van der Waals surface area (Å²) in [4.78, 5) is 29.2. The first kappa shape index (κ1) is 24.0. The summed E-state index contributed by atoms with van der Waals surface area (Å²) < 4.78 is 48.7. The van der Waals surface area contributed by atoms with Crippen LogP contribution >= 0.6 is 0 Å². The molecule has 1 amide bonds. The van der Waals surface area contributed by atoms with Crippen LogP contribution in [-0.2, 0) is 4.79 Å². The maximum absolute atomic E-state index is 12.6. The molecule has 0 aliphatic rings. The summed E-state index contributed by atoms with van der Waals surface area (Å²) in [6, 6.07) is 6.94. The first-order valence-corrected chi connectivity index (χ1v) is 10.5. The maximum atomic E-state index is 12.6. The van der Waals surface area contributed by atoms with Gasteiger partial charge in [-0.25, -0.2) is 15.0 Å². The van der Waals surface area contributed by atoms with E-state index >= 15 is 0 Å². The number of carbonyl (C=O) groups excluding carboxylic acids is 1. The molecule has 0 fully saturated rings. The molecule has 0 saturated carbocycles. The number of anilines is 1. The highest BCUT2D eigenvalue weighted by atomic mass is 19.4. The van der Waals surface area contributed by atoms with Gasteiger partial charge < -0.3 is 25.1 Å². The molecular weight excluding hydrogens is 465 g/mol.